The van der Waals surface area contributed by atoms with Gasteiger partial charge >= 0.3 is 0 Å². The quantitative estimate of drug-likeness (QED) is 0.472. The Labute approximate surface area is 128 Å². The maximum absolute atomic E-state index is 12.1. The highest BCUT2D eigenvalue weighted by molar-refractivity contribution is 5.69. The second kappa shape index (κ2) is 6.05. The number of aromatic nitrogens is 4. The van der Waals surface area contributed by atoms with Crippen LogP contribution in [0.5, 0.6) is 0 Å². The number of fused-ring (bicyclic) bond motifs is 1. The molecule has 1 saturated heterocycles. The number of nitrogens with zero attached hydrogens (tertiary/aromatic N) is 3. The molecule has 3 heterocycles. The lowest BCUT2D eigenvalue weighted by molar-refractivity contribution is -0.0511. The van der Waals surface area contributed by atoms with Crippen molar-refractivity contribution in [3.8, 4) is 11.8 Å². The van der Waals surface area contributed by atoms with E-state index in [-0.39, 0.29) is 17.0 Å². The lowest BCUT2D eigenvalue weighted by Crippen LogP contribution is -2.33. The molecule has 0 radical (unpaired) electrons. The number of rotatable bonds is 2. The molecule has 2 aromatic heterocycles. The van der Waals surface area contributed by atoms with Gasteiger partial charge in [-0.05, 0) is 5.92 Å². The third-order valence-corrected chi connectivity index (χ3v) is 3.50. The molecule has 10 heteroatoms. The van der Waals surface area contributed by atoms with E-state index >= 15 is 0 Å². The summed E-state index contributed by atoms with van der Waals surface area (Å²) < 4.78 is 18.8. The Hall–Kier alpha value is -2.32. The fourth-order valence-corrected chi connectivity index (χ4v) is 2.40. The standard InChI is InChI=1S/C13H13FN4O5/c14-3-1-2-7-16-11-8(12(22)17-7)15-5-18(11)13-10(21)9(20)6(4-19)23-13/h5-6,9-10,13,19-21H,3-4H2,(H,16,17,22)/t6-,9?,10?,13-/m1/s1. The van der Waals surface area contributed by atoms with E-state index in [0.717, 1.165) is 0 Å². The van der Waals surface area contributed by atoms with Crippen molar-refractivity contribution in [1.29, 1.82) is 0 Å². The zero-order valence-electron chi connectivity index (χ0n) is 11.7. The highest BCUT2D eigenvalue weighted by Crippen LogP contribution is 2.30. The number of alkyl halides is 1. The zero-order chi connectivity index (χ0) is 16.6. The molecule has 0 bridgehead atoms. The van der Waals surface area contributed by atoms with Gasteiger partial charge in [-0.15, -0.1) is 0 Å². The number of aliphatic hydroxyl groups is 3. The Balaban J connectivity index is 2.08. The summed E-state index contributed by atoms with van der Waals surface area (Å²) in [6.07, 6.45) is -3.47. The Morgan fingerprint density at radius 2 is 2.22 bits per heavy atom. The highest BCUT2D eigenvalue weighted by Gasteiger charge is 2.44. The van der Waals surface area contributed by atoms with Gasteiger partial charge in [0.2, 0.25) is 0 Å². The summed E-state index contributed by atoms with van der Waals surface area (Å²) in [6, 6.07) is 0. The molecule has 2 aromatic rings. The van der Waals surface area contributed by atoms with E-state index in [2.05, 4.69) is 26.8 Å². The number of aliphatic hydroxyl groups excluding tert-OH is 3. The number of aromatic amines is 1. The van der Waals surface area contributed by atoms with Gasteiger partial charge in [0.25, 0.3) is 5.56 Å². The Bertz CT molecular complexity index is 838. The van der Waals surface area contributed by atoms with E-state index in [1.54, 1.807) is 0 Å². The van der Waals surface area contributed by atoms with Crippen LogP contribution in [0.15, 0.2) is 11.1 Å². The van der Waals surface area contributed by atoms with Crippen molar-refractivity contribution >= 4 is 11.2 Å². The molecule has 9 nitrogen and oxygen atoms in total. The molecule has 0 saturated carbocycles. The molecule has 0 amide bonds. The predicted molar refractivity (Wildman–Crippen MR) is 74.0 cm³/mol. The van der Waals surface area contributed by atoms with E-state index in [1.165, 1.54) is 10.9 Å². The number of imidazole rings is 1. The Morgan fingerprint density at radius 1 is 1.43 bits per heavy atom. The molecule has 0 spiro atoms. The SMILES string of the molecule is O=c1[nH]c(C#CCF)nc2c1ncn2[C@@H]1O[C@H](CO)C(O)C1O. The zero-order valence-corrected chi connectivity index (χ0v) is 11.7. The molecule has 4 atom stereocenters. The molecule has 0 aromatic carbocycles. The minimum absolute atomic E-state index is 0.0199. The van der Waals surface area contributed by atoms with Crippen LogP contribution in [0.2, 0.25) is 0 Å². The van der Waals surface area contributed by atoms with Gasteiger partial charge in [-0.3, -0.25) is 14.3 Å². The number of nitrogens with one attached hydrogen (secondary N) is 1. The molecule has 2 unspecified atom stereocenters. The van der Waals surface area contributed by atoms with Crippen molar-refractivity contribution in [2.75, 3.05) is 13.3 Å². The first-order valence-electron chi connectivity index (χ1n) is 6.71. The van der Waals surface area contributed by atoms with Crippen LogP contribution in [0.3, 0.4) is 0 Å². The first kappa shape index (κ1) is 15.6. The van der Waals surface area contributed by atoms with Crippen LogP contribution in [0.4, 0.5) is 4.39 Å². The van der Waals surface area contributed by atoms with Crippen LogP contribution in [0, 0.1) is 11.8 Å². The maximum atomic E-state index is 12.1. The fraction of sp³-hybridized carbons (Fsp3) is 0.462. The average molecular weight is 324 g/mol. The van der Waals surface area contributed by atoms with Gasteiger partial charge in [-0.2, -0.15) is 0 Å². The molecule has 1 fully saturated rings. The molecule has 1 aliphatic heterocycles. The summed E-state index contributed by atoms with van der Waals surface area (Å²) in [5, 5.41) is 29.0. The normalized spacial score (nSPS) is 27.1. The van der Waals surface area contributed by atoms with Gasteiger partial charge in [0.1, 0.15) is 18.3 Å². The molecule has 23 heavy (non-hydrogen) atoms. The maximum Gasteiger partial charge on any atom is 0.279 e. The summed E-state index contributed by atoms with van der Waals surface area (Å²) in [5.74, 6) is 4.42. The van der Waals surface area contributed by atoms with Crippen LogP contribution in [0.1, 0.15) is 12.1 Å². The smallest absolute Gasteiger partial charge is 0.279 e. The molecule has 1 aliphatic rings. The Morgan fingerprint density at radius 3 is 2.87 bits per heavy atom. The van der Waals surface area contributed by atoms with E-state index < -0.39 is 43.4 Å². The second-order valence-electron chi connectivity index (χ2n) is 4.90. The third-order valence-electron chi connectivity index (χ3n) is 3.50. The number of halogens is 1. The summed E-state index contributed by atoms with van der Waals surface area (Å²) in [5.41, 5.74) is -0.538. The lowest BCUT2D eigenvalue weighted by Gasteiger charge is -2.16. The number of hydrogen-bond acceptors (Lipinski definition) is 7. The lowest BCUT2D eigenvalue weighted by atomic mass is 10.1. The van der Waals surface area contributed by atoms with E-state index in [4.69, 9.17) is 9.84 Å². The fourth-order valence-electron chi connectivity index (χ4n) is 2.40. The van der Waals surface area contributed by atoms with Crippen LogP contribution >= 0.6 is 0 Å². The van der Waals surface area contributed by atoms with Crippen LogP contribution in [0.25, 0.3) is 11.2 Å². The van der Waals surface area contributed by atoms with E-state index in [1.807, 2.05) is 0 Å². The molecular formula is C13H13FN4O5. The van der Waals surface area contributed by atoms with Gasteiger partial charge < -0.3 is 20.1 Å². The van der Waals surface area contributed by atoms with Crippen molar-refractivity contribution in [2.45, 2.75) is 24.5 Å². The van der Waals surface area contributed by atoms with Crippen molar-refractivity contribution in [1.82, 2.24) is 19.5 Å². The molecule has 0 aliphatic carbocycles. The van der Waals surface area contributed by atoms with Crippen molar-refractivity contribution < 1.29 is 24.4 Å². The van der Waals surface area contributed by atoms with Gasteiger partial charge in [0.15, 0.2) is 29.9 Å². The molecular weight excluding hydrogens is 311 g/mol. The average Bonchev–Trinajstić information content (AvgIpc) is 3.08. The minimum atomic E-state index is -1.34. The third kappa shape index (κ3) is 2.60. The van der Waals surface area contributed by atoms with Crippen LogP contribution in [-0.4, -0.2) is 66.4 Å². The van der Waals surface area contributed by atoms with Gasteiger partial charge in [0.05, 0.1) is 12.9 Å². The summed E-state index contributed by atoms with van der Waals surface area (Å²) >= 11 is 0. The van der Waals surface area contributed by atoms with Crippen molar-refractivity contribution in [3.63, 3.8) is 0 Å². The molecule has 4 N–H and O–H groups in total. The largest absolute Gasteiger partial charge is 0.394 e. The number of ether oxygens (including phenoxy) is 1. The number of H-pyrrole nitrogens is 1. The summed E-state index contributed by atoms with van der Waals surface area (Å²) in [4.78, 5) is 22.2. The van der Waals surface area contributed by atoms with Gasteiger partial charge in [-0.25, -0.2) is 14.4 Å². The second-order valence-corrected chi connectivity index (χ2v) is 4.90. The topological polar surface area (TPSA) is 133 Å². The van der Waals surface area contributed by atoms with Crippen molar-refractivity contribution in [3.05, 3.63) is 22.5 Å². The predicted octanol–water partition coefficient (Wildman–Crippen LogP) is -1.95. The first-order chi connectivity index (χ1) is 11.1. The Kier molecular flexibility index (Phi) is 4.10. The summed E-state index contributed by atoms with van der Waals surface area (Å²) in [6.45, 7) is -1.38. The highest BCUT2D eigenvalue weighted by atomic mass is 19.1. The number of hydrogen-bond donors (Lipinski definition) is 4. The van der Waals surface area contributed by atoms with Crippen LogP contribution < -0.4 is 5.56 Å². The van der Waals surface area contributed by atoms with Crippen LogP contribution in [-0.2, 0) is 4.74 Å². The van der Waals surface area contributed by atoms with Gasteiger partial charge in [-0.1, -0.05) is 5.92 Å². The summed E-state index contributed by atoms with van der Waals surface area (Å²) in [7, 11) is 0. The first-order valence-corrected chi connectivity index (χ1v) is 6.71. The minimum Gasteiger partial charge on any atom is -0.394 e. The molecule has 122 valence electrons. The van der Waals surface area contributed by atoms with Crippen molar-refractivity contribution in [2.24, 2.45) is 0 Å². The molecule has 3 rings (SSSR count). The van der Waals surface area contributed by atoms with E-state index in [0.29, 0.717) is 0 Å². The monoisotopic (exact) mass is 324 g/mol. The van der Waals surface area contributed by atoms with E-state index in [9.17, 15) is 19.4 Å². The van der Waals surface area contributed by atoms with Gasteiger partial charge in [0, 0.05) is 0 Å².